The molecule has 0 radical (unpaired) electrons. The van der Waals surface area contributed by atoms with Gasteiger partial charge in [0.15, 0.2) is 0 Å². The summed E-state index contributed by atoms with van der Waals surface area (Å²) in [6, 6.07) is 0.437. The van der Waals surface area contributed by atoms with E-state index in [4.69, 9.17) is 0 Å². The van der Waals surface area contributed by atoms with E-state index < -0.39 is 17.2 Å². The predicted molar refractivity (Wildman–Crippen MR) is 79.4 cm³/mol. The molecule has 2 heterocycles. The van der Waals surface area contributed by atoms with Crippen LogP contribution in [-0.4, -0.2) is 45.5 Å². The Kier molecular flexibility index (Phi) is 4.32. The zero-order valence-electron chi connectivity index (χ0n) is 12.8. The summed E-state index contributed by atoms with van der Waals surface area (Å²) < 4.78 is 0.896. The molecule has 0 saturated carbocycles. The van der Waals surface area contributed by atoms with Gasteiger partial charge in [-0.15, -0.1) is 0 Å². The van der Waals surface area contributed by atoms with Gasteiger partial charge in [0.2, 0.25) is 0 Å². The molecule has 0 aliphatic carbocycles. The minimum atomic E-state index is -0.581. The molecule has 0 aromatic carbocycles. The first-order valence-corrected chi connectivity index (χ1v) is 7.15. The first kappa shape index (κ1) is 15.5. The van der Waals surface area contributed by atoms with Gasteiger partial charge < -0.3 is 10.3 Å². The standard InChI is InChI=1S/C14H22N4O3/c1-8(2)18-6-9(3)11(7-18)16-12(19)10-5-15-14(21)17(4)13(10)20/h5,8-9,11H,6-7H2,1-4H3,(H,15,21)(H,16,19). The summed E-state index contributed by atoms with van der Waals surface area (Å²) >= 11 is 0. The molecule has 1 aliphatic rings. The summed E-state index contributed by atoms with van der Waals surface area (Å²) in [4.78, 5) is 40.2. The molecule has 1 aromatic heterocycles. The van der Waals surface area contributed by atoms with Crippen LogP contribution in [0.2, 0.25) is 0 Å². The molecule has 2 N–H and O–H groups in total. The average molecular weight is 294 g/mol. The van der Waals surface area contributed by atoms with E-state index in [1.54, 1.807) is 0 Å². The van der Waals surface area contributed by atoms with E-state index in [2.05, 4.69) is 36.0 Å². The van der Waals surface area contributed by atoms with Crippen LogP contribution in [0.3, 0.4) is 0 Å². The third kappa shape index (κ3) is 3.07. The second-order valence-corrected chi connectivity index (χ2v) is 5.98. The van der Waals surface area contributed by atoms with Gasteiger partial charge in [0, 0.05) is 38.4 Å². The molecule has 1 fully saturated rings. The van der Waals surface area contributed by atoms with Crippen LogP contribution in [0.5, 0.6) is 0 Å². The maximum absolute atomic E-state index is 12.2. The third-order valence-corrected chi connectivity index (χ3v) is 4.11. The highest BCUT2D eigenvalue weighted by Gasteiger charge is 2.32. The number of likely N-dealkylation sites (tertiary alicyclic amines) is 1. The maximum atomic E-state index is 12.2. The molecule has 1 amide bonds. The average Bonchev–Trinajstić information content (AvgIpc) is 2.78. The summed E-state index contributed by atoms with van der Waals surface area (Å²) in [5.41, 5.74) is -1.15. The number of nitrogens with one attached hydrogen (secondary N) is 2. The van der Waals surface area contributed by atoms with E-state index in [0.29, 0.717) is 12.0 Å². The highest BCUT2D eigenvalue weighted by Crippen LogP contribution is 2.18. The molecule has 2 rings (SSSR count). The van der Waals surface area contributed by atoms with Crippen LogP contribution in [0.4, 0.5) is 0 Å². The van der Waals surface area contributed by atoms with Gasteiger partial charge in [0.05, 0.1) is 0 Å². The first-order chi connectivity index (χ1) is 9.81. The number of carbonyl (C=O) groups is 1. The van der Waals surface area contributed by atoms with Crippen LogP contribution >= 0.6 is 0 Å². The number of rotatable bonds is 3. The molecular formula is C14H22N4O3. The predicted octanol–water partition coefficient (Wildman–Crippen LogP) is -0.468. The second kappa shape index (κ2) is 5.85. The van der Waals surface area contributed by atoms with Crippen molar-refractivity contribution in [2.45, 2.75) is 32.9 Å². The highest BCUT2D eigenvalue weighted by molar-refractivity contribution is 5.93. The Hall–Kier alpha value is -1.89. The van der Waals surface area contributed by atoms with Crippen molar-refractivity contribution < 1.29 is 4.79 Å². The lowest BCUT2D eigenvalue weighted by Gasteiger charge is -2.20. The largest absolute Gasteiger partial charge is 0.347 e. The van der Waals surface area contributed by atoms with Gasteiger partial charge in [0.1, 0.15) is 5.56 Å². The van der Waals surface area contributed by atoms with Crippen molar-refractivity contribution >= 4 is 5.91 Å². The molecule has 7 nitrogen and oxygen atoms in total. The Balaban J connectivity index is 2.14. The first-order valence-electron chi connectivity index (χ1n) is 7.15. The number of H-pyrrole nitrogens is 1. The molecule has 2 atom stereocenters. The molecule has 0 spiro atoms. The summed E-state index contributed by atoms with van der Waals surface area (Å²) in [5, 5.41) is 2.90. The quantitative estimate of drug-likeness (QED) is 0.789. The van der Waals surface area contributed by atoms with Crippen molar-refractivity contribution in [3.05, 3.63) is 32.6 Å². The highest BCUT2D eigenvalue weighted by atomic mass is 16.2. The number of hydrogen-bond acceptors (Lipinski definition) is 4. The minimum Gasteiger partial charge on any atom is -0.347 e. The fourth-order valence-electron chi connectivity index (χ4n) is 2.59. The van der Waals surface area contributed by atoms with E-state index in [1.807, 2.05) is 0 Å². The van der Waals surface area contributed by atoms with Gasteiger partial charge >= 0.3 is 5.69 Å². The summed E-state index contributed by atoms with van der Waals surface area (Å²) in [6.45, 7) is 8.02. The van der Waals surface area contributed by atoms with Gasteiger partial charge in [-0.05, 0) is 19.8 Å². The Morgan fingerprint density at radius 2 is 2.05 bits per heavy atom. The van der Waals surface area contributed by atoms with Crippen molar-refractivity contribution in [1.29, 1.82) is 0 Å². The normalized spacial score (nSPS) is 22.7. The van der Waals surface area contributed by atoms with Gasteiger partial charge in [-0.25, -0.2) is 4.79 Å². The molecule has 21 heavy (non-hydrogen) atoms. The van der Waals surface area contributed by atoms with Gasteiger partial charge in [-0.2, -0.15) is 0 Å². The van der Waals surface area contributed by atoms with E-state index >= 15 is 0 Å². The van der Waals surface area contributed by atoms with Crippen molar-refractivity contribution in [3.63, 3.8) is 0 Å². The van der Waals surface area contributed by atoms with Crippen LogP contribution in [0.1, 0.15) is 31.1 Å². The van der Waals surface area contributed by atoms with Crippen LogP contribution in [0.15, 0.2) is 15.8 Å². The van der Waals surface area contributed by atoms with Crippen molar-refractivity contribution in [1.82, 2.24) is 19.8 Å². The lowest BCUT2D eigenvalue weighted by Crippen LogP contribution is -2.44. The number of carbonyl (C=O) groups excluding carboxylic acids is 1. The Morgan fingerprint density at radius 1 is 1.38 bits per heavy atom. The van der Waals surface area contributed by atoms with Crippen molar-refractivity contribution in [2.24, 2.45) is 13.0 Å². The Morgan fingerprint density at radius 3 is 2.62 bits per heavy atom. The van der Waals surface area contributed by atoms with Gasteiger partial charge in [0.25, 0.3) is 11.5 Å². The summed E-state index contributed by atoms with van der Waals surface area (Å²) in [7, 11) is 1.34. The lowest BCUT2D eigenvalue weighted by atomic mass is 10.1. The Labute approximate surface area is 123 Å². The van der Waals surface area contributed by atoms with Crippen LogP contribution in [-0.2, 0) is 7.05 Å². The molecule has 2 unspecified atom stereocenters. The lowest BCUT2D eigenvalue weighted by molar-refractivity contribution is 0.0928. The zero-order chi connectivity index (χ0) is 15.7. The topological polar surface area (TPSA) is 87.2 Å². The van der Waals surface area contributed by atoms with Crippen LogP contribution in [0, 0.1) is 5.92 Å². The third-order valence-electron chi connectivity index (χ3n) is 4.11. The van der Waals surface area contributed by atoms with E-state index in [1.165, 1.54) is 13.2 Å². The van der Waals surface area contributed by atoms with E-state index in [-0.39, 0.29) is 11.6 Å². The fraction of sp³-hybridized carbons (Fsp3) is 0.643. The molecule has 7 heteroatoms. The number of nitrogens with zero attached hydrogens (tertiary/aromatic N) is 2. The Bertz CT molecular complexity index is 646. The molecule has 1 aliphatic heterocycles. The molecule has 1 aromatic rings. The van der Waals surface area contributed by atoms with Crippen molar-refractivity contribution in [3.8, 4) is 0 Å². The molecule has 1 saturated heterocycles. The number of amides is 1. The zero-order valence-corrected chi connectivity index (χ0v) is 12.8. The molecule has 0 bridgehead atoms. The smallest absolute Gasteiger partial charge is 0.328 e. The molecular weight excluding hydrogens is 272 g/mol. The SMILES string of the molecule is CC1CN(C(C)C)CC1NC(=O)c1c[nH]c(=O)n(C)c1=O. The molecule has 116 valence electrons. The van der Waals surface area contributed by atoms with Crippen molar-refractivity contribution in [2.75, 3.05) is 13.1 Å². The van der Waals surface area contributed by atoms with Gasteiger partial charge in [-0.3, -0.25) is 19.1 Å². The van der Waals surface area contributed by atoms with Gasteiger partial charge in [-0.1, -0.05) is 6.92 Å². The monoisotopic (exact) mass is 294 g/mol. The van der Waals surface area contributed by atoms with E-state index in [9.17, 15) is 14.4 Å². The second-order valence-electron chi connectivity index (χ2n) is 5.98. The number of hydrogen-bond donors (Lipinski definition) is 2. The minimum absolute atomic E-state index is 0.0107. The fourth-order valence-corrected chi connectivity index (χ4v) is 2.59. The van der Waals surface area contributed by atoms with Crippen LogP contribution < -0.4 is 16.6 Å². The summed E-state index contributed by atoms with van der Waals surface area (Å²) in [6.07, 6.45) is 1.18. The number of aromatic nitrogens is 2. The van der Waals surface area contributed by atoms with Crippen LogP contribution in [0.25, 0.3) is 0 Å². The van der Waals surface area contributed by atoms with E-state index in [0.717, 1.165) is 17.7 Å². The maximum Gasteiger partial charge on any atom is 0.328 e. The number of aromatic amines is 1. The summed E-state index contributed by atoms with van der Waals surface area (Å²) in [5.74, 6) is -0.114.